The molecule has 0 bridgehead atoms. The fraction of sp³-hybridized carbons (Fsp3) is 0.500. The molecule has 0 aromatic heterocycles. The summed E-state index contributed by atoms with van der Waals surface area (Å²) in [5.74, 6) is 0.172. The number of unbranched alkanes of at least 4 members (excludes halogenated alkanes) is 3. The Hall–Kier alpha value is -1.84. The van der Waals surface area contributed by atoms with Gasteiger partial charge in [0.2, 0.25) is 5.91 Å². The van der Waals surface area contributed by atoms with E-state index < -0.39 is 0 Å². The van der Waals surface area contributed by atoms with E-state index in [4.69, 9.17) is 5.21 Å². The van der Waals surface area contributed by atoms with Crippen LogP contribution in [-0.2, 0) is 4.79 Å². The molecule has 4 nitrogen and oxygen atoms in total. The number of nitrogens with zero attached hydrogens (tertiary/aromatic N) is 2. The SMILES string of the molecule is CCCCCCC(=O)N1CC/C(=N/O)c2ccccc21. The Morgan fingerprint density at radius 3 is 2.85 bits per heavy atom. The zero-order valence-corrected chi connectivity index (χ0v) is 12.0. The molecule has 4 heteroatoms. The average Bonchev–Trinajstić information content (AvgIpc) is 2.50. The third kappa shape index (κ3) is 3.18. The summed E-state index contributed by atoms with van der Waals surface area (Å²) in [5.41, 5.74) is 2.39. The molecule has 0 atom stereocenters. The zero-order valence-electron chi connectivity index (χ0n) is 12.0. The first-order valence-electron chi connectivity index (χ1n) is 7.38. The maximum atomic E-state index is 12.3. The highest BCUT2D eigenvalue weighted by molar-refractivity contribution is 6.11. The highest BCUT2D eigenvalue weighted by Crippen LogP contribution is 2.28. The molecular formula is C16H22N2O2. The van der Waals surface area contributed by atoms with Crippen LogP contribution in [0.25, 0.3) is 0 Å². The zero-order chi connectivity index (χ0) is 14.4. The van der Waals surface area contributed by atoms with Crippen LogP contribution in [0.1, 0.15) is 51.0 Å². The van der Waals surface area contributed by atoms with Gasteiger partial charge in [-0.2, -0.15) is 0 Å². The van der Waals surface area contributed by atoms with E-state index in [-0.39, 0.29) is 5.91 Å². The highest BCUT2D eigenvalue weighted by atomic mass is 16.4. The Balaban J connectivity index is 2.08. The fourth-order valence-electron chi connectivity index (χ4n) is 2.63. The van der Waals surface area contributed by atoms with Gasteiger partial charge in [-0.15, -0.1) is 0 Å². The number of hydrogen-bond acceptors (Lipinski definition) is 3. The standard InChI is InChI=1S/C16H22N2O2/c1-2-3-4-5-10-16(19)18-12-11-14(17-20)13-8-6-7-9-15(13)18/h6-9,20H,2-5,10-12H2,1H3/b17-14-. The Morgan fingerprint density at radius 1 is 1.30 bits per heavy atom. The van der Waals surface area contributed by atoms with Gasteiger partial charge in [0.15, 0.2) is 0 Å². The second kappa shape index (κ2) is 7.08. The lowest BCUT2D eigenvalue weighted by Gasteiger charge is -2.29. The van der Waals surface area contributed by atoms with Crippen molar-refractivity contribution < 1.29 is 10.0 Å². The predicted molar refractivity (Wildman–Crippen MR) is 80.5 cm³/mol. The van der Waals surface area contributed by atoms with Crippen LogP contribution in [0.3, 0.4) is 0 Å². The predicted octanol–water partition coefficient (Wildman–Crippen LogP) is 3.57. The van der Waals surface area contributed by atoms with Gasteiger partial charge in [0.25, 0.3) is 0 Å². The summed E-state index contributed by atoms with van der Waals surface area (Å²) in [4.78, 5) is 14.2. The number of amides is 1. The summed E-state index contributed by atoms with van der Waals surface area (Å²) >= 11 is 0. The van der Waals surface area contributed by atoms with Crippen molar-refractivity contribution in [3.8, 4) is 0 Å². The summed E-state index contributed by atoms with van der Waals surface area (Å²) in [5, 5.41) is 12.4. The molecule has 1 aromatic carbocycles. The highest BCUT2D eigenvalue weighted by Gasteiger charge is 2.25. The minimum atomic E-state index is 0.172. The smallest absolute Gasteiger partial charge is 0.227 e. The quantitative estimate of drug-likeness (QED) is 0.507. The van der Waals surface area contributed by atoms with Crippen LogP contribution in [0.5, 0.6) is 0 Å². The number of fused-ring (bicyclic) bond motifs is 1. The average molecular weight is 274 g/mol. The Morgan fingerprint density at radius 2 is 2.10 bits per heavy atom. The van der Waals surface area contributed by atoms with Gasteiger partial charge in [0.1, 0.15) is 0 Å². The second-order valence-electron chi connectivity index (χ2n) is 5.17. The maximum Gasteiger partial charge on any atom is 0.227 e. The Kier molecular flexibility index (Phi) is 5.16. The number of benzene rings is 1. The minimum absolute atomic E-state index is 0.172. The number of hydrogen-bond donors (Lipinski definition) is 1. The molecular weight excluding hydrogens is 252 g/mol. The molecule has 1 amide bonds. The van der Waals surface area contributed by atoms with Crippen LogP contribution in [0.15, 0.2) is 29.4 Å². The third-order valence-electron chi connectivity index (χ3n) is 3.74. The first-order chi connectivity index (χ1) is 9.77. The molecule has 0 unspecified atom stereocenters. The van der Waals surface area contributed by atoms with E-state index in [1.165, 1.54) is 12.8 Å². The van der Waals surface area contributed by atoms with Crippen LogP contribution in [-0.4, -0.2) is 23.4 Å². The van der Waals surface area contributed by atoms with Crippen LogP contribution in [0.4, 0.5) is 5.69 Å². The van der Waals surface area contributed by atoms with E-state index in [2.05, 4.69) is 12.1 Å². The lowest BCUT2D eigenvalue weighted by molar-refractivity contribution is -0.118. The van der Waals surface area contributed by atoms with E-state index in [1.54, 1.807) is 0 Å². The molecule has 108 valence electrons. The molecule has 1 heterocycles. The van der Waals surface area contributed by atoms with Crippen molar-refractivity contribution >= 4 is 17.3 Å². The van der Waals surface area contributed by atoms with Gasteiger partial charge in [0.05, 0.1) is 11.4 Å². The van der Waals surface area contributed by atoms with E-state index in [0.717, 1.165) is 24.1 Å². The van der Waals surface area contributed by atoms with Gasteiger partial charge in [-0.25, -0.2) is 0 Å². The van der Waals surface area contributed by atoms with E-state index in [0.29, 0.717) is 25.1 Å². The number of carbonyl (C=O) groups excluding carboxylic acids is 1. The molecule has 1 N–H and O–H groups in total. The van der Waals surface area contributed by atoms with Crippen molar-refractivity contribution in [3.05, 3.63) is 29.8 Å². The van der Waals surface area contributed by atoms with Crippen molar-refractivity contribution in [2.24, 2.45) is 5.16 Å². The topological polar surface area (TPSA) is 52.9 Å². The van der Waals surface area contributed by atoms with Gasteiger partial charge in [-0.05, 0) is 12.5 Å². The molecule has 1 aliphatic heterocycles. The number of rotatable bonds is 5. The molecule has 0 saturated heterocycles. The van der Waals surface area contributed by atoms with Gasteiger partial charge in [-0.3, -0.25) is 4.79 Å². The largest absolute Gasteiger partial charge is 0.411 e. The summed E-state index contributed by atoms with van der Waals surface area (Å²) < 4.78 is 0. The van der Waals surface area contributed by atoms with Gasteiger partial charge >= 0.3 is 0 Å². The van der Waals surface area contributed by atoms with Crippen LogP contribution >= 0.6 is 0 Å². The fourth-order valence-corrected chi connectivity index (χ4v) is 2.63. The first-order valence-corrected chi connectivity index (χ1v) is 7.38. The summed E-state index contributed by atoms with van der Waals surface area (Å²) in [6.07, 6.45) is 5.63. The van der Waals surface area contributed by atoms with E-state index in [1.807, 2.05) is 29.2 Å². The maximum absolute atomic E-state index is 12.3. The normalized spacial score (nSPS) is 16.2. The molecule has 1 aromatic rings. The third-order valence-corrected chi connectivity index (χ3v) is 3.74. The molecule has 0 saturated carbocycles. The second-order valence-corrected chi connectivity index (χ2v) is 5.17. The molecule has 0 spiro atoms. The minimum Gasteiger partial charge on any atom is -0.411 e. The summed E-state index contributed by atoms with van der Waals surface area (Å²) in [6.45, 7) is 2.77. The molecule has 1 aliphatic rings. The van der Waals surface area contributed by atoms with Crippen molar-refractivity contribution in [1.82, 2.24) is 0 Å². The lowest BCUT2D eigenvalue weighted by atomic mass is 9.99. The molecule has 20 heavy (non-hydrogen) atoms. The number of para-hydroxylation sites is 1. The summed E-state index contributed by atoms with van der Waals surface area (Å²) in [6, 6.07) is 7.64. The van der Waals surface area contributed by atoms with Crippen LogP contribution < -0.4 is 4.90 Å². The summed E-state index contributed by atoms with van der Waals surface area (Å²) in [7, 11) is 0. The monoisotopic (exact) mass is 274 g/mol. The molecule has 2 rings (SSSR count). The number of oxime groups is 1. The van der Waals surface area contributed by atoms with Crippen LogP contribution in [0.2, 0.25) is 0 Å². The first kappa shape index (κ1) is 14.6. The van der Waals surface area contributed by atoms with Crippen molar-refractivity contribution in [3.63, 3.8) is 0 Å². The molecule has 0 aliphatic carbocycles. The van der Waals surface area contributed by atoms with Crippen molar-refractivity contribution in [2.75, 3.05) is 11.4 Å². The van der Waals surface area contributed by atoms with Gasteiger partial charge < -0.3 is 10.1 Å². The van der Waals surface area contributed by atoms with Crippen LogP contribution in [0, 0.1) is 0 Å². The molecule has 0 fully saturated rings. The number of anilines is 1. The lowest BCUT2D eigenvalue weighted by Crippen LogP contribution is -2.37. The van der Waals surface area contributed by atoms with Crippen molar-refractivity contribution in [1.29, 1.82) is 0 Å². The van der Waals surface area contributed by atoms with Crippen molar-refractivity contribution in [2.45, 2.75) is 45.4 Å². The van der Waals surface area contributed by atoms with Gasteiger partial charge in [-0.1, -0.05) is 49.5 Å². The van der Waals surface area contributed by atoms with E-state index >= 15 is 0 Å². The number of carbonyl (C=O) groups is 1. The molecule has 0 radical (unpaired) electrons. The Labute approximate surface area is 120 Å². The Bertz CT molecular complexity index is 497. The van der Waals surface area contributed by atoms with E-state index in [9.17, 15) is 4.79 Å². The van der Waals surface area contributed by atoms with Gasteiger partial charge in [0, 0.05) is 24.9 Å².